The average molecular weight is 209 g/mol. The van der Waals surface area contributed by atoms with Gasteiger partial charge in [0.05, 0.1) is 7.11 Å². The molecule has 0 saturated carbocycles. The Hall–Kier alpha value is -2.17. The van der Waals surface area contributed by atoms with Crippen molar-refractivity contribution in [1.29, 1.82) is 0 Å². The predicted octanol–water partition coefficient (Wildman–Crippen LogP) is 1.08. The van der Waals surface area contributed by atoms with E-state index >= 15 is 0 Å². The summed E-state index contributed by atoms with van der Waals surface area (Å²) >= 11 is 0. The minimum atomic E-state index is -1.35. The van der Waals surface area contributed by atoms with Gasteiger partial charge in [0.1, 0.15) is 0 Å². The first-order valence-electron chi connectivity index (χ1n) is 4.03. The molecule has 1 radical (unpaired) electrons. The van der Waals surface area contributed by atoms with Crippen molar-refractivity contribution in [3.05, 3.63) is 23.8 Å². The van der Waals surface area contributed by atoms with Crippen molar-refractivity contribution >= 4 is 12.0 Å². The van der Waals surface area contributed by atoms with Crippen LogP contribution in [0, 0.1) is 0 Å². The van der Waals surface area contributed by atoms with Gasteiger partial charge in [-0.25, -0.2) is 9.90 Å². The molecule has 0 aromatic heterocycles. The molecule has 0 saturated heterocycles. The lowest BCUT2D eigenvalue weighted by atomic mass is 10.1. The van der Waals surface area contributed by atoms with Crippen molar-refractivity contribution < 1.29 is 24.9 Å². The molecule has 0 heterocycles. The first-order chi connectivity index (χ1) is 7.04. The van der Waals surface area contributed by atoms with Crippen LogP contribution in [0.3, 0.4) is 0 Å². The van der Waals surface area contributed by atoms with E-state index in [-0.39, 0.29) is 17.2 Å². The van der Waals surface area contributed by atoms with E-state index in [9.17, 15) is 20.1 Å². The van der Waals surface area contributed by atoms with Gasteiger partial charge >= 0.3 is 5.97 Å². The Balaban J connectivity index is 3.11. The molecule has 79 valence electrons. The first-order valence-corrected chi connectivity index (χ1v) is 4.03. The lowest BCUT2D eigenvalue weighted by Gasteiger charge is -2.05. The topological polar surface area (TPSA) is 86.7 Å². The van der Waals surface area contributed by atoms with Gasteiger partial charge in [-0.3, -0.25) is 0 Å². The minimum absolute atomic E-state index is 0.0630. The minimum Gasteiger partial charge on any atom is -0.504 e. The third kappa shape index (κ3) is 2.63. The van der Waals surface area contributed by atoms with Crippen molar-refractivity contribution in [3.63, 3.8) is 0 Å². The van der Waals surface area contributed by atoms with Gasteiger partial charge in [0.25, 0.3) is 0 Å². The van der Waals surface area contributed by atoms with Crippen LogP contribution < -0.4 is 4.74 Å². The maximum absolute atomic E-state index is 10.1. The van der Waals surface area contributed by atoms with Crippen LogP contribution in [0.2, 0.25) is 0 Å². The number of phenolic OH excluding ortho intramolecular Hbond substituents is 2. The number of methoxy groups -OCH3 is 1. The van der Waals surface area contributed by atoms with Crippen molar-refractivity contribution in [3.8, 4) is 17.2 Å². The summed E-state index contributed by atoms with van der Waals surface area (Å²) in [4.78, 5) is 10.1. The highest BCUT2D eigenvalue weighted by atomic mass is 16.5. The van der Waals surface area contributed by atoms with Gasteiger partial charge in [-0.15, -0.1) is 0 Å². The van der Waals surface area contributed by atoms with Crippen LogP contribution in [0.15, 0.2) is 18.2 Å². The summed E-state index contributed by atoms with van der Waals surface area (Å²) in [5, 5.41) is 28.7. The number of rotatable bonds is 3. The second kappa shape index (κ2) is 4.36. The van der Waals surface area contributed by atoms with Gasteiger partial charge in [0.15, 0.2) is 11.5 Å². The van der Waals surface area contributed by atoms with Crippen LogP contribution in [0.1, 0.15) is 5.56 Å². The van der Waals surface area contributed by atoms with E-state index in [0.29, 0.717) is 5.56 Å². The largest absolute Gasteiger partial charge is 0.504 e. The predicted molar refractivity (Wildman–Crippen MR) is 51.1 cm³/mol. The Morgan fingerprint density at radius 3 is 2.60 bits per heavy atom. The highest BCUT2D eigenvalue weighted by Crippen LogP contribution is 2.36. The van der Waals surface area contributed by atoms with Crippen molar-refractivity contribution in [2.45, 2.75) is 0 Å². The zero-order valence-electron chi connectivity index (χ0n) is 7.93. The Morgan fingerprint density at radius 2 is 2.07 bits per heavy atom. The third-order valence-electron chi connectivity index (χ3n) is 1.71. The standard InChI is InChI=1S/C10H9O5/c1-15-8-5-6(2-3-9(12)13)4-7(11)10(8)14/h2-5,11,14H,1H3. The zero-order chi connectivity index (χ0) is 11.4. The fourth-order valence-corrected chi connectivity index (χ4v) is 1.03. The molecule has 0 spiro atoms. The van der Waals surface area contributed by atoms with Crippen LogP contribution in [0.4, 0.5) is 0 Å². The second-order valence-corrected chi connectivity index (χ2v) is 2.74. The van der Waals surface area contributed by atoms with Crippen LogP contribution in [0.25, 0.3) is 6.08 Å². The van der Waals surface area contributed by atoms with E-state index in [0.717, 1.165) is 6.08 Å². The molecule has 5 heteroatoms. The fraction of sp³-hybridized carbons (Fsp3) is 0.100. The number of hydrogen-bond donors (Lipinski definition) is 2. The Labute approximate surface area is 85.9 Å². The maximum Gasteiger partial charge on any atom is 0.379 e. The first kappa shape index (κ1) is 10.9. The lowest BCUT2D eigenvalue weighted by Crippen LogP contribution is -1.87. The van der Waals surface area contributed by atoms with E-state index in [1.165, 1.54) is 25.3 Å². The maximum atomic E-state index is 10.1. The number of phenols is 2. The highest BCUT2D eigenvalue weighted by Gasteiger charge is 2.08. The molecule has 1 aromatic rings. The van der Waals surface area contributed by atoms with Crippen molar-refractivity contribution in [2.24, 2.45) is 0 Å². The molecule has 2 N–H and O–H groups in total. The summed E-state index contributed by atoms with van der Waals surface area (Å²) in [6, 6.07) is 2.59. The lowest BCUT2D eigenvalue weighted by molar-refractivity contribution is -0.137. The van der Waals surface area contributed by atoms with E-state index in [1.807, 2.05) is 0 Å². The van der Waals surface area contributed by atoms with Crippen molar-refractivity contribution in [2.75, 3.05) is 7.11 Å². The van der Waals surface area contributed by atoms with Crippen molar-refractivity contribution in [1.82, 2.24) is 0 Å². The number of hydrogen-bond acceptors (Lipinski definition) is 4. The SMILES string of the molecule is COc1cc(C=CC([O])=O)cc(O)c1O. The van der Waals surface area contributed by atoms with Gasteiger partial charge in [-0.05, 0) is 23.8 Å². The summed E-state index contributed by atoms with van der Waals surface area (Å²) in [5.74, 6) is -2.05. The van der Waals surface area contributed by atoms with Gasteiger partial charge in [0.2, 0.25) is 5.75 Å². The summed E-state index contributed by atoms with van der Waals surface area (Å²) in [7, 11) is 1.32. The Morgan fingerprint density at radius 1 is 1.40 bits per heavy atom. The van der Waals surface area contributed by atoms with Crippen LogP contribution in [-0.2, 0) is 9.90 Å². The molecule has 0 fully saturated rings. The monoisotopic (exact) mass is 209 g/mol. The Kier molecular flexibility index (Phi) is 3.17. The number of benzene rings is 1. The third-order valence-corrected chi connectivity index (χ3v) is 1.71. The van der Waals surface area contributed by atoms with Gasteiger partial charge in [-0.2, -0.15) is 0 Å². The van der Waals surface area contributed by atoms with Gasteiger partial charge in [0, 0.05) is 6.08 Å². The molecular weight excluding hydrogens is 200 g/mol. The molecular formula is C10H9O5. The molecule has 0 atom stereocenters. The van der Waals surface area contributed by atoms with Crippen LogP contribution in [0.5, 0.6) is 17.2 Å². The molecule has 1 rings (SSSR count). The summed E-state index contributed by atoms with van der Waals surface area (Å²) in [6.45, 7) is 0. The van der Waals surface area contributed by atoms with E-state index < -0.39 is 5.97 Å². The van der Waals surface area contributed by atoms with E-state index in [4.69, 9.17) is 4.74 Å². The summed E-state index contributed by atoms with van der Waals surface area (Å²) in [6.07, 6.45) is 2.03. The van der Waals surface area contributed by atoms with Crippen LogP contribution >= 0.6 is 0 Å². The van der Waals surface area contributed by atoms with E-state index in [1.54, 1.807) is 0 Å². The Bertz CT molecular complexity index is 409. The molecule has 15 heavy (non-hydrogen) atoms. The highest BCUT2D eigenvalue weighted by molar-refractivity contribution is 5.85. The number of ether oxygens (including phenoxy) is 1. The molecule has 5 nitrogen and oxygen atoms in total. The summed E-state index contributed by atoms with van der Waals surface area (Å²) < 4.78 is 4.77. The number of carbonyl (C=O) groups excluding carboxylic acids is 1. The smallest absolute Gasteiger partial charge is 0.379 e. The second-order valence-electron chi connectivity index (χ2n) is 2.74. The zero-order valence-corrected chi connectivity index (χ0v) is 7.93. The molecule has 0 aliphatic carbocycles. The molecule has 0 bridgehead atoms. The molecule has 0 aliphatic rings. The summed E-state index contributed by atoms with van der Waals surface area (Å²) in [5.41, 5.74) is 0.381. The normalized spacial score (nSPS) is 10.5. The molecule has 0 aliphatic heterocycles. The van der Waals surface area contributed by atoms with Gasteiger partial charge in [-0.1, -0.05) is 0 Å². The van der Waals surface area contributed by atoms with E-state index in [2.05, 4.69) is 0 Å². The molecule has 0 unspecified atom stereocenters. The number of aromatic hydroxyl groups is 2. The molecule has 0 amide bonds. The molecule has 1 aromatic carbocycles. The number of carbonyl (C=O) groups is 1. The van der Waals surface area contributed by atoms with Crippen LogP contribution in [-0.4, -0.2) is 23.3 Å². The fourth-order valence-electron chi connectivity index (χ4n) is 1.03. The average Bonchev–Trinajstić information content (AvgIpc) is 2.19. The quantitative estimate of drug-likeness (QED) is 0.576. The van der Waals surface area contributed by atoms with Gasteiger partial charge < -0.3 is 14.9 Å².